The van der Waals surface area contributed by atoms with Gasteiger partial charge < -0.3 is 19.9 Å². The Morgan fingerprint density at radius 1 is 1.28 bits per heavy atom. The predicted molar refractivity (Wildman–Crippen MR) is 71.0 cm³/mol. The van der Waals surface area contributed by atoms with Crippen molar-refractivity contribution in [3.8, 4) is 11.5 Å². The molecular formula is C12H15NO4S. The zero-order valence-corrected chi connectivity index (χ0v) is 11.1. The van der Waals surface area contributed by atoms with Gasteiger partial charge in [-0.2, -0.15) is 0 Å². The van der Waals surface area contributed by atoms with E-state index in [1.165, 1.54) is 14.2 Å². The molecule has 6 heteroatoms. The molecule has 0 radical (unpaired) electrons. The highest BCUT2D eigenvalue weighted by Gasteiger charge is 2.06. The van der Waals surface area contributed by atoms with Crippen molar-refractivity contribution in [1.82, 2.24) is 0 Å². The topological polar surface area (TPSA) is 70.8 Å². The molecule has 0 saturated heterocycles. The van der Waals surface area contributed by atoms with E-state index < -0.39 is 0 Å². The maximum absolute atomic E-state index is 10.9. The summed E-state index contributed by atoms with van der Waals surface area (Å²) < 4.78 is 15.0. The van der Waals surface area contributed by atoms with Gasteiger partial charge in [0.1, 0.15) is 16.5 Å². The Kier molecular flexibility index (Phi) is 5.38. The largest absolute Gasteiger partial charge is 0.497 e. The van der Waals surface area contributed by atoms with E-state index >= 15 is 0 Å². The third-order valence-electron chi connectivity index (χ3n) is 2.20. The van der Waals surface area contributed by atoms with Crippen LogP contribution in [0.5, 0.6) is 11.5 Å². The molecule has 0 atom stereocenters. The molecule has 1 aromatic rings. The van der Waals surface area contributed by atoms with Crippen molar-refractivity contribution in [2.45, 2.75) is 6.42 Å². The lowest BCUT2D eigenvalue weighted by Gasteiger charge is -2.09. The average molecular weight is 269 g/mol. The smallest absolute Gasteiger partial charge is 0.308 e. The summed E-state index contributed by atoms with van der Waals surface area (Å²) in [6.45, 7) is 0.219. The van der Waals surface area contributed by atoms with Crippen LogP contribution in [0, 0.1) is 0 Å². The van der Waals surface area contributed by atoms with Gasteiger partial charge in [-0.1, -0.05) is 12.2 Å². The fraction of sp³-hybridized carbons (Fsp3) is 0.333. The van der Waals surface area contributed by atoms with Gasteiger partial charge in [-0.25, -0.2) is 0 Å². The summed E-state index contributed by atoms with van der Waals surface area (Å²) in [4.78, 5) is 11.2. The summed E-state index contributed by atoms with van der Waals surface area (Å²) in [6.07, 6.45) is 0.177. The van der Waals surface area contributed by atoms with Gasteiger partial charge in [-0.15, -0.1) is 0 Å². The highest BCUT2D eigenvalue weighted by molar-refractivity contribution is 7.80. The number of nitrogens with two attached hydrogens (primary N) is 1. The fourth-order valence-electron chi connectivity index (χ4n) is 1.27. The zero-order chi connectivity index (χ0) is 13.5. The fourth-order valence-corrected chi connectivity index (χ4v) is 1.39. The van der Waals surface area contributed by atoms with Crippen molar-refractivity contribution in [3.05, 3.63) is 23.8 Å². The van der Waals surface area contributed by atoms with Gasteiger partial charge in [0.15, 0.2) is 0 Å². The molecule has 0 aliphatic heterocycles. The first kappa shape index (κ1) is 14.2. The molecule has 0 heterocycles. The Labute approximate surface area is 111 Å². The molecule has 0 saturated carbocycles. The van der Waals surface area contributed by atoms with E-state index in [9.17, 15) is 4.79 Å². The van der Waals surface area contributed by atoms with E-state index in [1.807, 2.05) is 0 Å². The first-order chi connectivity index (χ1) is 8.56. The molecule has 0 aliphatic carbocycles. The van der Waals surface area contributed by atoms with E-state index in [0.29, 0.717) is 17.1 Å². The van der Waals surface area contributed by atoms with E-state index in [2.05, 4.69) is 4.74 Å². The summed E-state index contributed by atoms with van der Waals surface area (Å²) in [6, 6.07) is 5.11. The van der Waals surface area contributed by atoms with Crippen LogP contribution in [0.3, 0.4) is 0 Å². The number of benzene rings is 1. The highest BCUT2D eigenvalue weighted by Crippen LogP contribution is 2.22. The number of ether oxygens (including phenoxy) is 3. The van der Waals surface area contributed by atoms with Crippen molar-refractivity contribution < 1.29 is 19.0 Å². The van der Waals surface area contributed by atoms with Gasteiger partial charge in [0.05, 0.1) is 27.2 Å². The van der Waals surface area contributed by atoms with Crippen LogP contribution in [0.2, 0.25) is 0 Å². The van der Waals surface area contributed by atoms with Crippen molar-refractivity contribution >= 4 is 23.2 Å². The minimum absolute atomic E-state index is 0.177. The SMILES string of the molecule is COC(=O)CCOc1cc(OC)cc(C(N)=S)c1. The highest BCUT2D eigenvalue weighted by atomic mass is 32.1. The van der Waals surface area contributed by atoms with Crippen LogP contribution in [0.15, 0.2) is 18.2 Å². The third kappa shape index (κ3) is 4.21. The Bertz CT molecular complexity index is 448. The van der Waals surface area contributed by atoms with Crippen LogP contribution in [-0.2, 0) is 9.53 Å². The number of hydrogen-bond donors (Lipinski definition) is 1. The lowest BCUT2D eigenvalue weighted by Crippen LogP contribution is -2.11. The van der Waals surface area contributed by atoms with Gasteiger partial charge in [-0.3, -0.25) is 4.79 Å². The molecule has 5 nitrogen and oxygen atoms in total. The molecule has 98 valence electrons. The number of carbonyl (C=O) groups excluding carboxylic acids is 1. The second-order valence-corrected chi connectivity index (χ2v) is 3.88. The molecule has 1 aromatic carbocycles. The second-order valence-electron chi connectivity index (χ2n) is 3.44. The first-order valence-corrected chi connectivity index (χ1v) is 5.66. The molecule has 0 aliphatic rings. The van der Waals surface area contributed by atoms with E-state index in [-0.39, 0.29) is 24.0 Å². The van der Waals surface area contributed by atoms with Crippen LogP contribution in [-0.4, -0.2) is 31.8 Å². The minimum atomic E-state index is -0.326. The average Bonchev–Trinajstić information content (AvgIpc) is 2.37. The van der Waals surface area contributed by atoms with Gasteiger partial charge in [0.25, 0.3) is 0 Å². The molecule has 0 amide bonds. The monoisotopic (exact) mass is 269 g/mol. The van der Waals surface area contributed by atoms with Gasteiger partial charge in [-0.05, 0) is 12.1 Å². The molecular weight excluding hydrogens is 254 g/mol. The van der Waals surface area contributed by atoms with Crippen LogP contribution < -0.4 is 15.2 Å². The van der Waals surface area contributed by atoms with E-state index in [1.54, 1.807) is 18.2 Å². The molecule has 0 aromatic heterocycles. The number of thiocarbonyl (C=S) groups is 1. The van der Waals surface area contributed by atoms with E-state index in [0.717, 1.165) is 0 Å². The molecule has 0 bridgehead atoms. The standard InChI is InChI=1S/C12H15NO4S/c1-15-9-5-8(12(13)18)6-10(7-9)17-4-3-11(14)16-2/h5-7H,3-4H2,1-2H3,(H2,13,18). The molecule has 0 unspecified atom stereocenters. The summed E-state index contributed by atoms with van der Waals surface area (Å²) >= 11 is 4.89. The zero-order valence-electron chi connectivity index (χ0n) is 10.3. The van der Waals surface area contributed by atoms with Crippen LogP contribution in [0.4, 0.5) is 0 Å². The predicted octanol–water partition coefficient (Wildman–Crippen LogP) is 1.27. The lowest BCUT2D eigenvalue weighted by molar-refractivity contribution is -0.141. The Morgan fingerprint density at radius 2 is 1.94 bits per heavy atom. The lowest BCUT2D eigenvalue weighted by atomic mass is 10.2. The molecule has 2 N–H and O–H groups in total. The normalized spacial score (nSPS) is 9.67. The number of hydrogen-bond acceptors (Lipinski definition) is 5. The summed E-state index contributed by atoms with van der Waals surface area (Å²) in [5, 5.41) is 0. The van der Waals surface area contributed by atoms with Gasteiger partial charge >= 0.3 is 5.97 Å². The minimum Gasteiger partial charge on any atom is -0.497 e. The Hall–Kier alpha value is -1.82. The third-order valence-corrected chi connectivity index (χ3v) is 2.44. The Morgan fingerprint density at radius 3 is 2.50 bits per heavy atom. The molecule has 0 spiro atoms. The maximum Gasteiger partial charge on any atom is 0.308 e. The summed E-state index contributed by atoms with van der Waals surface area (Å²) in [5.41, 5.74) is 6.20. The van der Waals surface area contributed by atoms with Gasteiger partial charge in [0.2, 0.25) is 0 Å². The Balaban J connectivity index is 2.72. The molecule has 0 fully saturated rings. The number of esters is 1. The van der Waals surface area contributed by atoms with E-state index in [4.69, 9.17) is 27.4 Å². The first-order valence-electron chi connectivity index (χ1n) is 5.25. The van der Waals surface area contributed by atoms with Crippen LogP contribution in [0.25, 0.3) is 0 Å². The molecule has 18 heavy (non-hydrogen) atoms. The quantitative estimate of drug-likeness (QED) is 0.619. The van der Waals surface area contributed by atoms with Crippen LogP contribution >= 0.6 is 12.2 Å². The summed E-state index contributed by atoms with van der Waals surface area (Å²) in [5.74, 6) is 0.807. The maximum atomic E-state index is 10.9. The van der Waals surface area contributed by atoms with Crippen molar-refractivity contribution in [1.29, 1.82) is 0 Å². The number of carbonyl (C=O) groups is 1. The second kappa shape index (κ2) is 6.80. The van der Waals surface area contributed by atoms with Crippen molar-refractivity contribution in [2.75, 3.05) is 20.8 Å². The molecule has 1 rings (SSSR count). The van der Waals surface area contributed by atoms with Crippen molar-refractivity contribution in [2.24, 2.45) is 5.73 Å². The van der Waals surface area contributed by atoms with Crippen molar-refractivity contribution in [3.63, 3.8) is 0 Å². The summed E-state index contributed by atoms with van der Waals surface area (Å²) in [7, 11) is 2.87. The number of rotatable bonds is 6. The van der Waals surface area contributed by atoms with Crippen LogP contribution in [0.1, 0.15) is 12.0 Å². The van der Waals surface area contributed by atoms with Gasteiger partial charge in [0, 0.05) is 11.6 Å². The number of methoxy groups -OCH3 is 2.